The number of aliphatic hydroxyl groups is 3. The third-order valence-corrected chi connectivity index (χ3v) is 8.28. The maximum absolute atomic E-state index is 11.5. The number of rotatable bonds is 5. The van der Waals surface area contributed by atoms with E-state index in [1.807, 2.05) is 0 Å². The number of hydrogen-bond donors (Lipinski definition) is 3. The molecule has 8 atom stereocenters. The number of carbonyl (C=O) groups excluding carboxylic acids is 1. The molecule has 0 heterocycles. The molecule has 0 saturated heterocycles. The summed E-state index contributed by atoms with van der Waals surface area (Å²) < 4.78 is 4.78. The van der Waals surface area contributed by atoms with Gasteiger partial charge in [0.25, 0.3) is 0 Å². The van der Waals surface area contributed by atoms with Crippen molar-refractivity contribution in [3.05, 3.63) is 0 Å². The zero-order valence-electron chi connectivity index (χ0n) is 17.3. The molecule has 0 bridgehead atoms. The van der Waals surface area contributed by atoms with Gasteiger partial charge in [0.15, 0.2) is 0 Å². The first-order valence-corrected chi connectivity index (χ1v) is 10.1. The Labute approximate surface area is 158 Å². The Kier molecular flexibility index (Phi) is 6.16. The first-order chi connectivity index (χ1) is 11.9. The third kappa shape index (κ3) is 3.43. The predicted molar refractivity (Wildman–Crippen MR) is 100 cm³/mol. The number of aliphatic hydroxyl groups excluding tert-OH is 2. The van der Waals surface area contributed by atoms with Crippen LogP contribution >= 0.6 is 0 Å². The van der Waals surface area contributed by atoms with Gasteiger partial charge in [0.05, 0.1) is 18.8 Å². The number of ether oxygens (including phenoxy) is 1. The van der Waals surface area contributed by atoms with Crippen molar-refractivity contribution in [2.24, 2.45) is 28.6 Å². The van der Waals surface area contributed by atoms with Gasteiger partial charge in [-0.3, -0.25) is 4.79 Å². The van der Waals surface area contributed by atoms with Gasteiger partial charge in [-0.05, 0) is 62.2 Å². The van der Waals surface area contributed by atoms with Crippen LogP contribution in [-0.2, 0) is 9.53 Å². The molecule has 5 nitrogen and oxygen atoms in total. The Morgan fingerprint density at radius 3 is 2.46 bits per heavy atom. The second-order valence-corrected chi connectivity index (χ2v) is 9.74. The molecule has 0 aliphatic heterocycles. The molecule has 152 valence electrons. The molecular formula is C21H38O5. The highest BCUT2D eigenvalue weighted by atomic mass is 16.5. The summed E-state index contributed by atoms with van der Waals surface area (Å²) in [4.78, 5) is 11.5. The van der Waals surface area contributed by atoms with Crippen molar-refractivity contribution >= 4 is 5.97 Å². The lowest BCUT2D eigenvalue weighted by Gasteiger charge is -2.64. The summed E-state index contributed by atoms with van der Waals surface area (Å²) in [5, 5.41) is 32.0. The number of fused-ring (bicyclic) bond motifs is 1. The zero-order valence-corrected chi connectivity index (χ0v) is 17.3. The van der Waals surface area contributed by atoms with Crippen molar-refractivity contribution in [1.82, 2.24) is 0 Å². The topological polar surface area (TPSA) is 87.0 Å². The first-order valence-electron chi connectivity index (χ1n) is 10.1. The molecule has 2 aliphatic rings. The van der Waals surface area contributed by atoms with E-state index in [-0.39, 0.29) is 23.2 Å². The Balaban J connectivity index is 2.24. The van der Waals surface area contributed by atoms with Crippen LogP contribution in [-0.4, -0.2) is 46.2 Å². The van der Waals surface area contributed by atoms with Gasteiger partial charge in [-0.25, -0.2) is 0 Å². The van der Waals surface area contributed by atoms with Gasteiger partial charge in [-0.15, -0.1) is 0 Å². The molecule has 2 rings (SSSR count). The van der Waals surface area contributed by atoms with Crippen molar-refractivity contribution < 1.29 is 24.9 Å². The van der Waals surface area contributed by atoms with Crippen LogP contribution in [0.5, 0.6) is 0 Å². The molecule has 0 radical (unpaired) electrons. The number of esters is 1. The van der Waals surface area contributed by atoms with Crippen LogP contribution in [0.2, 0.25) is 0 Å². The van der Waals surface area contributed by atoms with Gasteiger partial charge < -0.3 is 20.1 Å². The van der Waals surface area contributed by atoms with Gasteiger partial charge in [-0.1, -0.05) is 27.7 Å². The van der Waals surface area contributed by atoms with E-state index in [0.717, 1.165) is 25.7 Å². The van der Waals surface area contributed by atoms with Gasteiger partial charge in [0, 0.05) is 11.8 Å². The van der Waals surface area contributed by atoms with Crippen LogP contribution in [0.3, 0.4) is 0 Å². The van der Waals surface area contributed by atoms with E-state index in [2.05, 4.69) is 27.7 Å². The van der Waals surface area contributed by atoms with Crippen LogP contribution < -0.4 is 0 Å². The summed E-state index contributed by atoms with van der Waals surface area (Å²) in [5.41, 5.74) is -1.80. The Bertz CT molecular complexity index is 519. The van der Waals surface area contributed by atoms with Crippen molar-refractivity contribution in [3.8, 4) is 0 Å². The summed E-state index contributed by atoms with van der Waals surface area (Å²) >= 11 is 0. The third-order valence-electron chi connectivity index (χ3n) is 8.28. The molecule has 0 aromatic heterocycles. The minimum absolute atomic E-state index is 0.0531. The fraction of sp³-hybridized carbons (Fsp3) is 0.952. The quantitative estimate of drug-likeness (QED) is 0.648. The highest BCUT2D eigenvalue weighted by Gasteiger charge is 2.64. The van der Waals surface area contributed by atoms with E-state index in [9.17, 15) is 20.1 Å². The lowest BCUT2D eigenvalue weighted by molar-refractivity contribution is -0.264. The summed E-state index contributed by atoms with van der Waals surface area (Å²) in [6.07, 6.45) is 2.60. The van der Waals surface area contributed by atoms with Crippen molar-refractivity contribution in [2.75, 3.05) is 7.11 Å². The van der Waals surface area contributed by atoms with Crippen molar-refractivity contribution in [1.29, 1.82) is 0 Å². The van der Waals surface area contributed by atoms with E-state index in [1.165, 1.54) is 7.11 Å². The summed E-state index contributed by atoms with van der Waals surface area (Å²) in [6, 6.07) is 0. The first kappa shape index (κ1) is 21.6. The standard InChI is InChI=1S/C21H38O5/c1-13(11-17(23)26-6)7-9-19(3)14(2)8-10-20(4)16(19)12-15(22)18(24)21(20,5)25/h13-16,18,22,24-25H,7-12H2,1-6H3/t13-,14-,15-,16-,18-,19+,20-,21+/m1/s1. The van der Waals surface area contributed by atoms with Crippen LogP contribution in [0.4, 0.5) is 0 Å². The lowest BCUT2D eigenvalue weighted by Crippen LogP contribution is -2.68. The van der Waals surface area contributed by atoms with E-state index in [4.69, 9.17) is 4.74 Å². The molecule has 0 amide bonds. The molecule has 2 fully saturated rings. The molecule has 0 spiro atoms. The Morgan fingerprint density at radius 2 is 1.88 bits per heavy atom. The molecule has 2 aliphatic carbocycles. The van der Waals surface area contributed by atoms with E-state index in [1.54, 1.807) is 6.92 Å². The molecule has 3 N–H and O–H groups in total. The van der Waals surface area contributed by atoms with Crippen LogP contribution in [0.15, 0.2) is 0 Å². The normalized spacial score (nSPS) is 47.1. The van der Waals surface area contributed by atoms with Gasteiger partial charge in [0.2, 0.25) is 0 Å². The van der Waals surface area contributed by atoms with Gasteiger partial charge in [0.1, 0.15) is 6.10 Å². The Hall–Kier alpha value is -0.650. The van der Waals surface area contributed by atoms with E-state index in [0.29, 0.717) is 18.8 Å². The zero-order chi connectivity index (χ0) is 19.9. The van der Waals surface area contributed by atoms with E-state index >= 15 is 0 Å². The lowest BCUT2D eigenvalue weighted by atomic mass is 9.42. The predicted octanol–water partition coefficient (Wildman–Crippen LogP) is 2.90. The monoisotopic (exact) mass is 370 g/mol. The molecule has 0 unspecified atom stereocenters. The molecule has 0 aromatic rings. The minimum atomic E-state index is -1.31. The fourth-order valence-corrected chi connectivity index (χ4v) is 5.76. The highest BCUT2D eigenvalue weighted by Crippen LogP contribution is 2.64. The summed E-state index contributed by atoms with van der Waals surface area (Å²) in [7, 11) is 1.42. The van der Waals surface area contributed by atoms with Crippen molar-refractivity contribution in [3.63, 3.8) is 0 Å². The summed E-state index contributed by atoms with van der Waals surface area (Å²) in [6.45, 7) is 10.4. The molecular weight excluding hydrogens is 332 g/mol. The second kappa shape index (κ2) is 7.40. The number of hydrogen-bond acceptors (Lipinski definition) is 5. The molecule has 5 heteroatoms. The largest absolute Gasteiger partial charge is 0.469 e. The second-order valence-electron chi connectivity index (χ2n) is 9.74. The summed E-state index contributed by atoms with van der Waals surface area (Å²) in [5.74, 6) is 0.643. The number of methoxy groups -OCH3 is 1. The number of carbonyl (C=O) groups is 1. The SMILES string of the molecule is COC(=O)C[C@H](C)CC[C@@]1(C)[C@H](C)CC[C@]2(C)[C@@H]1C[C@@H](O)[C@@H](O)[C@]2(C)O. The van der Waals surface area contributed by atoms with Gasteiger partial charge in [-0.2, -0.15) is 0 Å². The molecule has 2 saturated carbocycles. The Morgan fingerprint density at radius 1 is 1.27 bits per heavy atom. The van der Waals surface area contributed by atoms with Crippen LogP contribution in [0.1, 0.15) is 73.1 Å². The van der Waals surface area contributed by atoms with Gasteiger partial charge >= 0.3 is 5.97 Å². The molecule has 0 aromatic carbocycles. The smallest absolute Gasteiger partial charge is 0.305 e. The highest BCUT2D eigenvalue weighted by molar-refractivity contribution is 5.69. The maximum atomic E-state index is 11.5. The van der Waals surface area contributed by atoms with Crippen LogP contribution in [0.25, 0.3) is 0 Å². The average Bonchev–Trinajstić information content (AvgIpc) is 2.58. The van der Waals surface area contributed by atoms with Crippen molar-refractivity contribution in [2.45, 2.75) is 91.0 Å². The van der Waals surface area contributed by atoms with E-state index < -0.39 is 23.2 Å². The molecule has 26 heavy (non-hydrogen) atoms. The minimum Gasteiger partial charge on any atom is -0.469 e. The average molecular weight is 371 g/mol. The fourth-order valence-electron chi connectivity index (χ4n) is 5.76. The maximum Gasteiger partial charge on any atom is 0.305 e. The van der Waals surface area contributed by atoms with Crippen LogP contribution in [0, 0.1) is 28.6 Å².